The molecule has 0 bridgehead atoms. The lowest BCUT2D eigenvalue weighted by Crippen LogP contribution is -2.65. The number of unbranched alkanes of at least 4 members (excludes halogenated alkanes) is 3. The standard InChI is InChI=1S/C42H75N5O25.C15H27NO7.C4H9NO.CH4/c1-3-43-23(50)7-5-4-6-8-44-24(51)13-47(14-25(52)45-9-11-65-39-34(61)31(58)27(54)19(2)68-39)15-26(53)46-10-12-66-41-37(64)38(72-42-36(63)33(60)29(56)21(17-49)70-42)30(57)22(71-41)18-67-40-35(62)32(59)28(55)20(16-48)69-40;1-9-12(19)13(20)14(21)15(23-9)22-8-4-6-10(17)5-2-3-7-11(16)18;1-4(6)3-5-2;/h19-22,27-42,48-49,54-64H,3-18H2,1-2H3,(H,43,50)(H,44,51)(H,45,52)(H,46,53);9,12-15,19-21H,2-8H2,1H3,(H2,16,18);5H,3H2,1-2H3;1H4/t19-,20+,21+,22+,27+,28+,29+,30+,31-,32-,33-,34-,35-,36-,37-,38-,39+,40-,41-,42+;9-,12+,13+,14-,15+;;/m00../s1. The molecule has 40 nitrogen and oxygen atoms in total. The first kappa shape index (κ1) is 93.7. The summed E-state index contributed by atoms with van der Waals surface area (Å²) in [6.45, 7) is 3.07. The molecule has 5 amide bonds. The van der Waals surface area contributed by atoms with Crippen molar-refractivity contribution in [3.05, 3.63) is 0 Å². The molecule has 102 heavy (non-hydrogen) atoms. The maximum absolute atomic E-state index is 13.2. The molecule has 23 N–H and O–H groups in total. The van der Waals surface area contributed by atoms with Crippen LogP contribution in [0.15, 0.2) is 0 Å². The van der Waals surface area contributed by atoms with Crippen molar-refractivity contribution in [3.8, 4) is 0 Å². The van der Waals surface area contributed by atoms with Gasteiger partial charge in [-0.05, 0) is 66.8 Å². The van der Waals surface area contributed by atoms with Crippen LogP contribution < -0.4 is 32.3 Å². The zero-order chi connectivity index (χ0) is 75.6. The van der Waals surface area contributed by atoms with Crippen molar-refractivity contribution >= 4 is 41.1 Å². The molecule has 0 spiro atoms. The third-order valence-corrected chi connectivity index (χ3v) is 16.4. The maximum Gasteiger partial charge on any atom is 0.234 e. The molecule has 5 rings (SSSR count). The summed E-state index contributed by atoms with van der Waals surface area (Å²) in [6.07, 6.45) is -33.6. The molecule has 40 heteroatoms. The van der Waals surface area contributed by atoms with E-state index in [9.17, 15) is 115 Å². The monoisotopic (exact) mass is 1490 g/mol. The van der Waals surface area contributed by atoms with E-state index in [-0.39, 0.29) is 63.7 Å². The van der Waals surface area contributed by atoms with E-state index in [1.165, 1.54) is 11.8 Å². The number of ether oxygens (including phenoxy) is 10. The Bertz CT molecular complexity index is 2420. The summed E-state index contributed by atoms with van der Waals surface area (Å²) < 4.78 is 54.8. The van der Waals surface area contributed by atoms with E-state index >= 15 is 0 Å². The van der Waals surface area contributed by atoms with Crippen molar-refractivity contribution in [2.24, 2.45) is 5.73 Å². The summed E-state index contributed by atoms with van der Waals surface area (Å²) in [5.74, 6) is -2.07. The van der Waals surface area contributed by atoms with Crippen molar-refractivity contribution in [2.45, 2.75) is 253 Å². The molecular formula is C62H115N7O33. The number of carbonyl (C=O) groups is 7. The number of likely N-dealkylation sites (N-methyl/N-ethyl adjacent to an activating group) is 1. The fourth-order valence-electron chi connectivity index (χ4n) is 10.6. The highest BCUT2D eigenvalue weighted by Crippen LogP contribution is 2.32. The Balaban J connectivity index is 0.000000976. The average molecular weight is 1490 g/mol. The molecule has 0 aromatic rings. The van der Waals surface area contributed by atoms with E-state index in [2.05, 4.69) is 26.6 Å². The highest BCUT2D eigenvalue weighted by atomic mass is 16.8. The minimum atomic E-state index is -1.97. The topological polar surface area (TPSA) is 625 Å². The maximum atomic E-state index is 13.2. The summed E-state index contributed by atoms with van der Waals surface area (Å²) in [5.41, 5.74) is 5.01. The second-order valence-corrected chi connectivity index (χ2v) is 24.8. The summed E-state index contributed by atoms with van der Waals surface area (Å²) in [4.78, 5) is 84.3. The molecule has 0 aromatic carbocycles. The number of primary amides is 1. The van der Waals surface area contributed by atoms with E-state index in [1.54, 1.807) is 20.9 Å². The smallest absolute Gasteiger partial charge is 0.234 e. The molecule has 0 aromatic heterocycles. The Labute approximate surface area is 591 Å². The van der Waals surface area contributed by atoms with Gasteiger partial charge in [-0.25, -0.2) is 0 Å². The first-order valence-corrected chi connectivity index (χ1v) is 33.7. The zero-order valence-electron chi connectivity index (χ0n) is 57.5. The first-order chi connectivity index (χ1) is 47.8. The number of aliphatic hydroxyl groups excluding tert-OH is 16. The molecule has 5 heterocycles. The Morgan fingerprint density at radius 1 is 0.431 bits per heavy atom. The number of nitrogens with zero attached hydrogens (tertiary/aromatic N) is 1. The van der Waals surface area contributed by atoms with Gasteiger partial charge in [0.1, 0.15) is 121 Å². The normalized spacial score (nSPS) is 33.8. The lowest BCUT2D eigenvalue weighted by Gasteiger charge is -2.46. The van der Waals surface area contributed by atoms with Crippen molar-refractivity contribution in [1.29, 1.82) is 0 Å². The number of rotatable bonds is 40. The quantitative estimate of drug-likeness (QED) is 0.0253. The van der Waals surface area contributed by atoms with Gasteiger partial charge in [0.2, 0.25) is 29.5 Å². The van der Waals surface area contributed by atoms with Gasteiger partial charge in [0.05, 0.1) is 78.0 Å². The van der Waals surface area contributed by atoms with Crippen LogP contribution in [-0.2, 0) is 80.9 Å². The van der Waals surface area contributed by atoms with Gasteiger partial charge >= 0.3 is 0 Å². The third-order valence-electron chi connectivity index (χ3n) is 16.4. The van der Waals surface area contributed by atoms with Crippen LogP contribution in [-0.4, -0.2) is 380 Å². The second-order valence-electron chi connectivity index (χ2n) is 24.8. The molecule has 5 aliphatic rings. The van der Waals surface area contributed by atoms with Crippen LogP contribution in [0.4, 0.5) is 0 Å². The summed E-state index contributed by atoms with van der Waals surface area (Å²) >= 11 is 0. The van der Waals surface area contributed by atoms with Crippen LogP contribution >= 0.6 is 0 Å². The van der Waals surface area contributed by atoms with Crippen LogP contribution in [0.25, 0.3) is 0 Å². The number of nitrogens with one attached hydrogen (secondary N) is 5. The number of carbonyl (C=O) groups excluding carboxylic acids is 7. The molecule has 596 valence electrons. The van der Waals surface area contributed by atoms with Crippen LogP contribution in [0.2, 0.25) is 0 Å². The molecule has 0 aliphatic carbocycles. The van der Waals surface area contributed by atoms with Gasteiger partial charge in [-0.3, -0.25) is 38.5 Å². The van der Waals surface area contributed by atoms with Gasteiger partial charge in [-0.15, -0.1) is 0 Å². The van der Waals surface area contributed by atoms with E-state index in [0.717, 1.165) is 0 Å². The van der Waals surface area contributed by atoms with Gasteiger partial charge < -0.3 is 161 Å². The van der Waals surface area contributed by atoms with E-state index in [4.69, 9.17) is 53.1 Å². The van der Waals surface area contributed by atoms with Crippen molar-refractivity contribution in [2.75, 3.05) is 99.0 Å². The minimum Gasteiger partial charge on any atom is -0.394 e. The SMILES string of the molecule is C.CCNC(=O)CCCCCNC(=O)CN(CC(=O)NCCO[C@@H]1O[C@@H](C)[C@@H](O)[C@H](O)[C@@H]1O)CC(=O)NCCO[C@H]1O[C@H](CO[C@H]2O[C@H](CO)[C@@H](O)[C@H](O)[C@@H]2O)[C@@H](O)[C@H](O[C@H]2O[C@H](CO)[C@@H](O)[C@H](O)[C@@H]2O)[C@@H]1O.CNCC(C)=O.C[C@@H]1O[C@@H](OCCCC(=O)CCCCC(N)=O)[C@@H](O)[C@H](O)[C@@H]1O. The van der Waals surface area contributed by atoms with Gasteiger partial charge in [-0.1, -0.05) is 13.8 Å². The zero-order valence-corrected chi connectivity index (χ0v) is 57.5. The summed E-state index contributed by atoms with van der Waals surface area (Å²) in [6, 6.07) is 0. The van der Waals surface area contributed by atoms with E-state index in [0.29, 0.717) is 77.3 Å². The van der Waals surface area contributed by atoms with Gasteiger partial charge in [0.25, 0.3) is 0 Å². The molecule has 5 fully saturated rings. The predicted octanol–water partition coefficient (Wildman–Crippen LogP) is -10.7. The summed E-state index contributed by atoms with van der Waals surface area (Å²) in [7, 11) is 1.75. The average Bonchev–Trinajstić information content (AvgIpc) is 0.779. The fraction of sp³-hybridized carbons (Fsp3) is 0.887. The predicted molar refractivity (Wildman–Crippen MR) is 347 cm³/mol. The largest absolute Gasteiger partial charge is 0.394 e. The number of nitrogens with two attached hydrogens (primary N) is 1. The molecule has 0 radical (unpaired) electrons. The van der Waals surface area contributed by atoms with Crippen LogP contribution in [0.5, 0.6) is 0 Å². The number of Topliss-reactive ketones (excluding diaryl/α,β-unsaturated/α-hetero) is 2. The Morgan fingerprint density at radius 3 is 1.30 bits per heavy atom. The Morgan fingerprint density at radius 2 is 0.843 bits per heavy atom. The van der Waals surface area contributed by atoms with Crippen LogP contribution in [0.3, 0.4) is 0 Å². The van der Waals surface area contributed by atoms with Crippen molar-refractivity contribution in [3.63, 3.8) is 0 Å². The second kappa shape index (κ2) is 49.4. The van der Waals surface area contributed by atoms with E-state index in [1.807, 2.05) is 6.92 Å². The Hall–Kier alpha value is -4.43. The highest BCUT2D eigenvalue weighted by Gasteiger charge is 2.53. The van der Waals surface area contributed by atoms with Gasteiger partial charge in [-0.2, -0.15) is 0 Å². The third kappa shape index (κ3) is 31.9. The number of hydrogen-bond acceptors (Lipinski definition) is 35. The molecule has 0 unspecified atom stereocenters. The van der Waals surface area contributed by atoms with E-state index < -0.39 is 217 Å². The van der Waals surface area contributed by atoms with Crippen molar-refractivity contribution in [1.82, 2.24) is 31.5 Å². The number of amides is 5. The molecular weight excluding hydrogens is 1370 g/mol. The number of hydrogen-bond donors (Lipinski definition) is 22. The number of aliphatic hydroxyl groups is 16. The fourth-order valence-corrected chi connectivity index (χ4v) is 10.6. The van der Waals surface area contributed by atoms with Crippen LogP contribution in [0, 0.1) is 0 Å². The number of ketones is 2. The summed E-state index contributed by atoms with van der Waals surface area (Å²) in [5, 5.41) is 176. The molecule has 0 saturated carbocycles. The molecule has 5 aliphatic heterocycles. The van der Waals surface area contributed by atoms with Gasteiger partial charge in [0.15, 0.2) is 31.5 Å². The lowest BCUT2D eigenvalue weighted by atomic mass is 9.96. The lowest BCUT2D eigenvalue weighted by molar-refractivity contribution is -0.366. The minimum absolute atomic E-state index is 0. The van der Waals surface area contributed by atoms with Gasteiger partial charge in [0, 0.05) is 51.9 Å². The van der Waals surface area contributed by atoms with Crippen molar-refractivity contribution < 1.29 is 163 Å². The molecule has 25 atom stereocenters. The highest BCUT2D eigenvalue weighted by molar-refractivity contribution is 5.84. The van der Waals surface area contributed by atoms with Crippen LogP contribution in [0.1, 0.15) is 99.3 Å². The molecule has 5 saturated heterocycles. The Kier molecular flexibility index (Phi) is 45.4. The first-order valence-electron chi connectivity index (χ1n) is 33.7.